The second-order valence-electron chi connectivity index (χ2n) is 10.5. The van der Waals surface area contributed by atoms with Gasteiger partial charge in [0.05, 0.1) is 24.6 Å². The van der Waals surface area contributed by atoms with Crippen molar-refractivity contribution in [1.82, 2.24) is 29.2 Å². The van der Waals surface area contributed by atoms with E-state index in [-0.39, 0.29) is 24.6 Å². The third-order valence-corrected chi connectivity index (χ3v) is 7.88. The van der Waals surface area contributed by atoms with E-state index in [1.165, 1.54) is 4.52 Å². The molecule has 0 unspecified atom stereocenters. The van der Waals surface area contributed by atoms with E-state index in [0.29, 0.717) is 38.0 Å². The Morgan fingerprint density at radius 3 is 1.60 bits per heavy atom. The lowest BCUT2D eigenvalue weighted by Crippen LogP contribution is -2.06. The molecule has 0 saturated carbocycles. The summed E-state index contributed by atoms with van der Waals surface area (Å²) in [5.74, 6) is -0.305. The summed E-state index contributed by atoms with van der Waals surface area (Å²) in [5.41, 5.74) is 5.46. The fourth-order valence-corrected chi connectivity index (χ4v) is 5.30. The van der Waals surface area contributed by atoms with E-state index in [2.05, 4.69) is 25.5 Å². The predicted octanol–water partition coefficient (Wildman–Crippen LogP) is 9.88. The summed E-state index contributed by atoms with van der Waals surface area (Å²) in [6, 6.07) is 31.1. The monoisotopic (exact) mass is 757 g/mol. The number of carbonyl (C=O) groups is 2. The lowest BCUT2D eigenvalue weighted by atomic mass is 10.1. The number of esters is 2. The summed E-state index contributed by atoms with van der Waals surface area (Å²) in [6.07, 6.45) is 0. The quantitative estimate of drug-likeness (QED) is 0.119. The van der Waals surface area contributed by atoms with Gasteiger partial charge in [-0.3, -0.25) is 0 Å². The van der Waals surface area contributed by atoms with Crippen molar-refractivity contribution in [2.45, 2.75) is 27.7 Å². The van der Waals surface area contributed by atoms with E-state index >= 15 is 0 Å². The van der Waals surface area contributed by atoms with Gasteiger partial charge in [0.25, 0.3) is 0 Å². The zero-order chi connectivity index (χ0) is 37.2. The molecule has 0 radical (unpaired) electrons. The van der Waals surface area contributed by atoms with Crippen molar-refractivity contribution < 1.29 is 19.1 Å². The zero-order valence-corrected chi connectivity index (χ0v) is 30.9. The number of carbonyl (C=O) groups excluding carboxylic acids is 2. The molecule has 4 aromatic heterocycles. The molecule has 0 aliphatic rings. The minimum atomic E-state index is -0.503. The molecule has 0 fully saturated rings. The van der Waals surface area contributed by atoms with Crippen LogP contribution in [0.2, 0.25) is 15.2 Å². The van der Waals surface area contributed by atoms with Crippen LogP contribution in [0.25, 0.3) is 33.8 Å². The molecule has 52 heavy (non-hydrogen) atoms. The number of para-hydroxylation sites is 1. The average molecular weight is 759 g/mol. The molecule has 7 aromatic rings. The highest BCUT2D eigenvalue weighted by molar-refractivity contribution is 6.31. The number of aromatic nitrogens is 6. The van der Waals surface area contributed by atoms with Gasteiger partial charge in [-0.25, -0.2) is 24.1 Å². The van der Waals surface area contributed by atoms with E-state index in [1.807, 2.05) is 86.6 Å². The molecular formula is C38H34Cl3N7O4. The first-order chi connectivity index (χ1) is 25.2. The number of hydrogen-bond donors (Lipinski definition) is 1. The Labute approximate surface area is 315 Å². The standard InChI is InChI=1S/C21H17ClN4O2.C15H11Cl2N3O2.C2H6/c1-2-28-21(27)18-13-20-24-17(14-8-10-15(22)11-9-14)12-19(26(20)25-18)23-16-6-4-3-5-7-16;1-2-22-15(21)12-8-14-18-11(7-13(17)20(14)19-12)9-3-5-10(16)6-4-9;1-2/h3-13,23H,2H2,1H3;3-8H,2H2,1H3;1-2H3. The summed E-state index contributed by atoms with van der Waals surface area (Å²) in [6.45, 7) is 8.06. The van der Waals surface area contributed by atoms with Gasteiger partial charge in [-0.2, -0.15) is 14.7 Å². The van der Waals surface area contributed by atoms with Crippen LogP contribution in [0.15, 0.2) is 103 Å². The summed E-state index contributed by atoms with van der Waals surface area (Å²) >= 11 is 18.1. The van der Waals surface area contributed by atoms with Crippen LogP contribution in [0, 0.1) is 0 Å². The van der Waals surface area contributed by atoms with Crippen molar-refractivity contribution >= 4 is 69.5 Å². The SMILES string of the molecule is CC.CCOC(=O)c1cc2nc(-c3ccc(Cl)cc3)cc(Cl)n2n1.CCOC(=O)c1cc2nc(-c3ccc(Cl)cc3)cc(Nc3ccccc3)n2n1. The van der Waals surface area contributed by atoms with E-state index in [9.17, 15) is 9.59 Å². The van der Waals surface area contributed by atoms with Gasteiger partial charge in [0.15, 0.2) is 22.7 Å². The second kappa shape index (κ2) is 17.6. The van der Waals surface area contributed by atoms with Crippen molar-refractivity contribution in [3.63, 3.8) is 0 Å². The van der Waals surface area contributed by atoms with Crippen LogP contribution in [0.5, 0.6) is 0 Å². The molecule has 0 aliphatic heterocycles. The Kier molecular flexibility index (Phi) is 12.8. The van der Waals surface area contributed by atoms with E-state index < -0.39 is 11.9 Å². The maximum Gasteiger partial charge on any atom is 0.358 e. The molecule has 14 heteroatoms. The lowest BCUT2D eigenvalue weighted by Gasteiger charge is -2.10. The maximum absolute atomic E-state index is 12.1. The molecule has 0 atom stereocenters. The molecule has 266 valence electrons. The van der Waals surface area contributed by atoms with Crippen molar-refractivity contribution in [1.29, 1.82) is 0 Å². The highest BCUT2D eigenvalue weighted by Gasteiger charge is 2.17. The van der Waals surface area contributed by atoms with Crippen molar-refractivity contribution in [2.75, 3.05) is 18.5 Å². The third-order valence-electron chi connectivity index (χ3n) is 7.11. The topological polar surface area (TPSA) is 125 Å². The molecule has 0 bridgehead atoms. The molecule has 4 heterocycles. The van der Waals surface area contributed by atoms with Gasteiger partial charge in [-0.15, -0.1) is 0 Å². The van der Waals surface area contributed by atoms with Crippen molar-refractivity contribution in [2.24, 2.45) is 0 Å². The predicted molar refractivity (Wildman–Crippen MR) is 205 cm³/mol. The average Bonchev–Trinajstić information content (AvgIpc) is 3.80. The van der Waals surface area contributed by atoms with Crippen LogP contribution in [-0.2, 0) is 9.47 Å². The summed E-state index contributed by atoms with van der Waals surface area (Å²) in [4.78, 5) is 33.0. The number of fused-ring (bicyclic) bond motifs is 2. The molecule has 3 aromatic carbocycles. The number of benzene rings is 3. The molecule has 0 spiro atoms. The van der Waals surface area contributed by atoms with Gasteiger partial charge >= 0.3 is 11.9 Å². The first-order valence-electron chi connectivity index (χ1n) is 16.4. The largest absolute Gasteiger partial charge is 0.461 e. The first-order valence-corrected chi connectivity index (χ1v) is 17.5. The fourth-order valence-electron chi connectivity index (χ4n) is 4.82. The number of ether oxygens (including phenoxy) is 2. The number of nitrogens with one attached hydrogen (secondary N) is 1. The highest BCUT2D eigenvalue weighted by Crippen LogP contribution is 2.27. The first kappa shape index (κ1) is 37.8. The lowest BCUT2D eigenvalue weighted by molar-refractivity contribution is 0.0509. The summed E-state index contributed by atoms with van der Waals surface area (Å²) in [7, 11) is 0. The maximum atomic E-state index is 12.1. The van der Waals surface area contributed by atoms with Crippen LogP contribution < -0.4 is 5.32 Å². The minimum Gasteiger partial charge on any atom is -0.461 e. The number of halogens is 3. The number of hydrogen-bond acceptors (Lipinski definition) is 9. The van der Waals surface area contributed by atoms with Crippen LogP contribution in [-0.4, -0.2) is 54.3 Å². The summed E-state index contributed by atoms with van der Waals surface area (Å²) < 4.78 is 13.0. The van der Waals surface area contributed by atoms with Gasteiger partial charge in [-0.05, 0) is 50.2 Å². The number of rotatable bonds is 8. The van der Waals surface area contributed by atoms with Crippen LogP contribution in [0.1, 0.15) is 48.7 Å². The van der Waals surface area contributed by atoms with Gasteiger partial charge < -0.3 is 14.8 Å². The smallest absolute Gasteiger partial charge is 0.358 e. The van der Waals surface area contributed by atoms with Crippen LogP contribution in [0.4, 0.5) is 11.5 Å². The Balaban J connectivity index is 0.000000197. The van der Waals surface area contributed by atoms with E-state index in [4.69, 9.17) is 44.3 Å². The van der Waals surface area contributed by atoms with Gasteiger partial charge in [-0.1, -0.05) is 91.1 Å². The molecule has 0 aliphatic carbocycles. The van der Waals surface area contributed by atoms with Crippen molar-refractivity contribution in [3.05, 3.63) is 130 Å². The van der Waals surface area contributed by atoms with Gasteiger partial charge in [0, 0.05) is 51.1 Å². The molecule has 7 rings (SSSR count). The Morgan fingerprint density at radius 1 is 0.635 bits per heavy atom. The molecule has 11 nitrogen and oxygen atoms in total. The van der Waals surface area contributed by atoms with E-state index in [0.717, 1.165) is 22.5 Å². The highest BCUT2D eigenvalue weighted by atomic mass is 35.5. The van der Waals surface area contributed by atoms with Gasteiger partial charge in [0.1, 0.15) is 11.0 Å². The fraction of sp³-hybridized carbons (Fsp3) is 0.158. The van der Waals surface area contributed by atoms with E-state index in [1.54, 1.807) is 48.7 Å². The molecule has 0 saturated heterocycles. The minimum absolute atomic E-state index is 0.171. The Hall–Kier alpha value is -5.49. The molecule has 0 amide bonds. The number of anilines is 2. The van der Waals surface area contributed by atoms with Crippen LogP contribution in [0.3, 0.4) is 0 Å². The van der Waals surface area contributed by atoms with Crippen molar-refractivity contribution in [3.8, 4) is 22.5 Å². The summed E-state index contributed by atoms with van der Waals surface area (Å²) in [5, 5.41) is 13.5. The Morgan fingerprint density at radius 2 is 1.10 bits per heavy atom. The normalized spacial score (nSPS) is 10.5. The molecular weight excluding hydrogens is 725 g/mol. The zero-order valence-electron chi connectivity index (χ0n) is 28.7. The Bertz CT molecular complexity index is 2290. The third kappa shape index (κ3) is 9.05. The van der Waals surface area contributed by atoms with Gasteiger partial charge in [0.2, 0.25) is 0 Å². The second-order valence-corrected chi connectivity index (χ2v) is 11.8. The van der Waals surface area contributed by atoms with Crippen LogP contribution >= 0.6 is 34.8 Å². The molecule has 1 N–H and O–H groups in total. The number of nitrogens with zero attached hydrogens (tertiary/aromatic N) is 6.